The average molecular weight is 347 g/mol. The van der Waals surface area contributed by atoms with E-state index in [4.69, 9.17) is 0 Å². The SMILES string of the molecule is CN(C)C(=O)C1CN(CC2(O)CCCC2)CCN(S(C)(=O)=O)C1. The van der Waals surface area contributed by atoms with Crippen LogP contribution in [0.15, 0.2) is 0 Å². The number of rotatable bonds is 4. The second-order valence-electron chi connectivity index (χ2n) is 7.22. The summed E-state index contributed by atoms with van der Waals surface area (Å²) in [6.07, 6.45) is 4.81. The van der Waals surface area contributed by atoms with Crippen LogP contribution in [0.1, 0.15) is 25.7 Å². The minimum absolute atomic E-state index is 0.0658. The molecule has 0 radical (unpaired) electrons. The molecule has 1 unspecified atom stereocenters. The van der Waals surface area contributed by atoms with Crippen LogP contribution in [0.25, 0.3) is 0 Å². The average Bonchev–Trinajstić information content (AvgIpc) is 2.73. The van der Waals surface area contributed by atoms with Gasteiger partial charge in [-0.3, -0.25) is 9.69 Å². The number of amides is 1. The van der Waals surface area contributed by atoms with Gasteiger partial charge in [0.1, 0.15) is 0 Å². The highest BCUT2D eigenvalue weighted by Gasteiger charge is 2.37. The Bertz CT molecular complexity index is 529. The van der Waals surface area contributed by atoms with Gasteiger partial charge in [0.25, 0.3) is 0 Å². The molecule has 1 saturated heterocycles. The number of carbonyl (C=O) groups excluding carboxylic acids is 1. The molecular formula is C15H29N3O4S. The van der Waals surface area contributed by atoms with Crippen LogP contribution in [0, 0.1) is 5.92 Å². The normalized spacial score (nSPS) is 26.9. The summed E-state index contributed by atoms with van der Waals surface area (Å²) in [6.45, 7) is 2.14. The molecule has 1 amide bonds. The van der Waals surface area contributed by atoms with Gasteiger partial charge >= 0.3 is 0 Å². The minimum atomic E-state index is -3.33. The number of sulfonamides is 1. The Kier molecular flexibility index (Phi) is 5.71. The molecule has 1 N–H and O–H groups in total. The monoisotopic (exact) mass is 347 g/mol. The van der Waals surface area contributed by atoms with Gasteiger partial charge in [-0.2, -0.15) is 0 Å². The molecule has 2 fully saturated rings. The van der Waals surface area contributed by atoms with Crippen molar-refractivity contribution in [3.8, 4) is 0 Å². The first-order valence-corrected chi connectivity index (χ1v) is 10.1. The molecule has 0 spiro atoms. The summed E-state index contributed by atoms with van der Waals surface area (Å²) < 4.78 is 25.2. The van der Waals surface area contributed by atoms with Crippen molar-refractivity contribution in [2.75, 3.05) is 53.1 Å². The molecule has 1 heterocycles. The van der Waals surface area contributed by atoms with Gasteiger partial charge in [-0.15, -0.1) is 0 Å². The first-order chi connectivity index (χ1) is 10.6. The Labute approximate surface area is 139 Å². The number of hydrogen-bond acceptors (Lipinski definition) is 5. The van der Waals surface area contributed by atoms with Crippen molar-refractivity contribution >= 4 is 15.9 Å². The van der Waals surface area contributed by atoms with Gasteiger partial charge < -0.3 is 10.0 Å². The summed E-state index contributed by atoms with van der Waals surface area (Å²) in [5.74, 6) is -0.462. The fraction of sp³-hybridized carbons (Fsp3) is 0.933. The maximum Gasteiger partial charge on any atom is 0.227 e. The van der Waals surface area contributed by atoms with Gasteiger partial charge in [-0.05, 0) is 12.8 Å². The fourth-order valence-corrected chi connectivity index (χ4v) is 4.49. The zero-order chi connectivity index (χ0) is 17.3. The molecule has 7 nitrogen and oxygen atoms in total. The molecule has 0 aromatic heterocycles. The van der Waals surface area contributed by atoms with Crippen molar-refractivity contribution in [1.29, 1.82) is 0 Å². The van der Waals surface area contributed by atoms with Gasteiger partial charge in [-0.1, -0.05) is 12.8 Å². The number of carbonyl (C=O) groups is 1. The molecule has 23 heavy (non-hydrogen) atoms. The highest BCUT2D eigenvalue weighted by atomic mass is 32.2. The van der Waals surface area contributed by atoms with E-state index >= 15 is 0 Å². The topological polar surface area (TPSA) is 81.2 Å². The van der Waals surface area contributed by atoms with Gasteiger partial charge in [0.2, 0.25) is 15.9 Å². The highest BCUT2D eigenvalue weighted by Crippen LogP contribution is 2.30. The van der Waals surface area contributed by atoms with Crippen LogP contribution in [0.3, 0.4) is 0 Å². The Balaban J connectivity index is 2.14. The quantitative estimate of drug-likeness (QED) is 0.747. The second-order valence-corrected chi connectivity index (χ2v) is 9.20. The van der Waals surface area contributed by atoms with Crippen LogP contribution in [0.4, 0.5) is 0 Å². The third kappa shape index (κ3) is 4.89. The minimum Gasteiger partial charge on any atom is -0.389 e. The summed E-state index contributed by atoms with van der Waals surface area (Å²) in [4.78, 5) is 16.0. The number of nitrogens with zero attached hydrogens (tertiary/aromatic N) is 3. The Morgan fingerprint density at radius 2 is 1.83 bits per heavy atom. The molecule has 1 aliphatic heterocycles. The molecule has 1 aliphatic carbocycles. The van der Waals surface area contributed by atoms with Gasteiger partial charge in [0.05, 0.1) is 17.8 Å². The molecule has 8 heteroatoms. The number of β-amino-alcohol motifs (C(OH)–C–C–N with tert-alkyl or cyclic N) is 1. The van der Waals surface area contributed by atoms with E-state index in [1.807, 2.05) is 0 Å². The van der Waals surface area contributed by atoms with Crippen LogP contribution in [0.5, 0.6) is 0 Å². The third-order valence-electron chi connectivity index (χ3n) is 4.88. The predicted octanol–water partition coefficient (Wildman–Crippen LogP) is -0.427. The molecular weight excluding hydrogens is 318 g/mol. The standard InChI is InChI=1S/C15H29N3O4S/c1-16(2)14(19)13-10-17(12-15(20)6-4-5-7-15)8-9-18(11-13)23(3,21)22/h13,20H,4-12H2,1-3H3. The summed E-state index contributed by atoms with van der Waals surface area (Å²) in [5.41, 5.74) is -0.689. The van der Waals surface area contributed by atoms with E-state index in [0.717, 1.165) is 25.7 Å². The van der Waals surface area contributed by atoms with Gasteiger partial charge in [-0.25, -0.2) is 12.7 Å². The second kappa shape index (κ2) is 7.04. The molecule has 2 rings (SSSR count). The Hall–Kier alpha value is -0.700. The van der Waals surface area contributed by atoms with Crippen molar-refractivity contribution in [1.82, 2.24) is 14.1 Å². The maximum absolute atomic E-state index is 12.4. The van der Waals surface area contributed by atoms with Gasteiger partial charge in [0.15, 0.2) is 0 Å². The van der Waals surface area contributed by atoms with E-state index in [9.17, 15) is 18.3 Å². The van der Waals surface area contributed by atoms with Crippen molar-refractivity contribution in [2.24, 2.45) is 5.92 Å². The zero-order valence-corrected chi connectivity index (χ0v) is 15.2. The smallest absolute Gasteiger partial charge is 0.227 e. The lowest BCUT2D eigenvalue weighted by atomic mass is 10.0. The Morgan fingerprint density at radius 1 is 1.22 bits per heavy atom. The Morgan fingerprint density at radius 3 is 2.35 bits per heavy atom. The van der Waals surface area contributed by atoms with E-state index in [-0.39, 0.29) is 12.5 Å². The first kappa shape index (κ1) is 18.6. The number of hydrogen-bond donors (Lipinski definition) is 1. The predicted molar refractivity (Wildman–Crippen MR) is 88.5 cm³/mol. The summed E-state index contributed by atoms with van der Waals surface area (Å²) in [6, 6.07) is 0. The van der Waals surface area contributed by atoms with Crippen LogP contribution < -0.4 is 0 Å². The zero-order valence-electron chi connectivity index (χ0n) is 14.4. The fourth-order valence-electron chi connectivity index (χ4n) is 3.62. The van der Waals surface area contributed by atoms with Crippen LogP contribution >= 0.6 is 0 Å². The van der Waals surface area contributed by atoms with Crippen molar-refractivity contribution in [3.63, 3.8) is 0 Å². The van der Waals surface area contributed by atoms with Crippen LogP contribution in [-0.4, -0.2) is 92.2 Å². The van der Waals surface area contributed by atoms with Crippen LogP contribution in [0.2, 0.25) is 0 Å². The van der Waals surface area contributed by atoms with E-state index in [1.54, 1.807) is 14.1 Å². The van der Waals surface area contributed by atoms with E-state index < -0.39 is 21.5 Å². The molecule has 0 aromatic rings. The van der Waals surface area contributed by atoms with E-state index in [2.05, 4.69) is 4.90 Å². The molecule has 0 bridgehead atoms. The molecule has 1 atom stereocenters. The third-order valence-corrected chi connectivity index (χ3v) is 6.15. The largest absolute Gasteiger partial charge is 0.389 e. The molecule has 2 aliphatic rings. The lowest BCUT2D eigenvalue weighted by molar-refractivity contribution is -0.133. The molecule has 1 saturated carbocycles. The summed E-state index contributed by atoms with van der Waals surface area (Å²) >= 11 is 0. The molecule has 0 aromatic carbocycles. The summed E-state index contributed by atoms with van der Waals surface area (Å²) in [5, 5.41) is 10.6. The van der Waals surface area contributed by atoms with E-state index in [1.165, 1.54) is 15.5 Å². The van der Waals surface area contributed by atoms with E-state index in [0.29, 0.717) is 26.2 Å². The first-order valence-electron chi connectivity index (χ1n) is 8.22. The number of aliphatic hydroxyl groups is 1. The summed E-state index contributed by atoms with van der Waals surface area (Å²) in [7, 11) is 0.0409. The van der Waals surface area contributed by atoms with Gasteiger partial charge in [0, 0.05) is 46.8 Å². The molecule has 134 valence electrons. The lowest BCUT2D eigenvalue weighted by Gasteiger charge is -2.32. The van der Waals surface area contributed by atoms with Crippen molar-refractivity contribution in [2.45, 2.75) is 31.3 Å². The van der Waals surface area contributed by atoms with Crippen LogP contribution in [-0.2, 0) is 14.8 Å². The van der Waals surface area contributed by atoms with Crippen molar-refractivity contribution in [3.05, 3.63) is 0 Å². The lowest BCUT2D eigenvalue weighted by Crippen LogP contribution is -2.45. The van der Waals surface area contributed by atoms with Crippen molar-refractivity contribution < 1.29 is 18.3 Å². The highest BCUT2D eigenvalue weighted by molar-refractivity contribution is 7.88. The maximum atomic E-state index is 12.4.